The molecule has 5 rings (SSSR count). The van der Waals surface area contributed by atoms with Crippen molar-refractivity contribution in [2.75, 3.05) is 24.9 Å². The molecule has 0 saturated heterocycles. The number of ether oxygens (including phenoxy) is 2. The van der Waals surface area contributed by atoms with Gasteiger partial charge in [0.2, 0.25) is 11.8 Å². The van der Waals surface area contributed by atoms with E-state index in [9.17, 15) is 4.79 Å². The fourth-order valence-electron chi connectivity index (χ4n) is 3.84. The third-order valence-corrected chi connectivity index (χ3v) is 5.91. The van der Waals surface area contributed by atoms with E-state index in [1.54, 1.807) is 50.6 Å². The molecule has 190 valence electrons. The molecule has 0 unspecified atom stereocenters. The summed E-state index contributed by atoms with van der Waals surface area (Å²) in [4.78, 5) is 12.5. The minimum Gasteiger partial charge on any atom is -0.497 e. The SMILES string of the molecule is COc1cccc(CNc2ccc(-c3nnc(-c4ccc(NC(=O)c5cccc(OC)c5)cc4)o3)cc2)c1. The number of rotatable bonds is 9. The Hall–Kier alpha value is -5.11. The zero-order valence-electron chi connectivity index (χ0n) is 21.0. The van der Waals surface area contributed by atoms with Crippen LogP contribution in [0.4, 0.5) is 11.4 Å². The molecule has 0 aliphatic carbocycles. The predicted molar refractivity (Wildman–Crippen MR) is 146 cm³/mol. The van der Waals surface area contributed by atoms with E-state index in [0.717, 1.165) is 28.1 Å². The molecule has 0 spiro atoms. The van der Waals surface area contributed by atoms with Crippen molar-refractivity contribution in [2.24, 2.45) is 0 Å². The number of aromatic nitrogens is 2. The molecule has 4 aromatic carbocycles. The Morgan fingerprint density at radius 1 is 0.737 bits per heavy atom. The van der Waals surface area contributed by atoms with Crippen molar-refractivity contribution in [3.05, 3.63) is 108 Å². The molecule has 5 aromatic rings. The van der Waals surface area contributed by atoms with Crippen LogP contribution in [0.25, 0.3) is 22.9 Å². The van der Waals surface area contributed by atoms with E-state index in [4.69, 9.17) is 13.9 Å². The molecule has 1 amide bonds. The highest BCUT2D eigenvalue weighted by atomic mass is 16.5. The van der Waals surface area contributed by atoms with Crippen molar-refractivity contribution < 1.29 is 18.7 Å². The van der Waals surface area contributed by atoms with Gasteiger partial charge < -0.3 is 24.5 Å². The lowest BCUT2D eigenvalue weighted by molar-refractivity contribution is 0.102. The Morgan fingerprint density at radius 3 is 1.95 bits per heavy atom. The molecule has 8 nitrogen and oxygen atoms in total. The van der Waals surface area contributed by atoms with Crippen LogP contribution in [-0.2, 0) is 6.54 Å². The molecule has 8 heteroatoms. The van der Waals surface area contributed by atoms with Crippen LogP contribution < -0.4 is 20.1 Å². The highest BCUT2D eigenvalue weighted by Gasteiger charge is 2.12. The quantitative estimate of drug-likeness (QED) is 0.243. The lowest BCUT2D eigenvalue weighted by Gasteiger charge is -2.08. The van der Waals surface area contributed by atoms with Gasteiger partial charge in [-0.05, 0) is 84.4 Å². The van der Waals surface area contributed by atoms with Crippen LogP contribution in [0.15, 0.2) is 101 Å². The minimum atomic E-state index is -0.224. The van der Waals surface area contributed by atoms with Crippen molar-refractivity contribution in [1.82, 2.24) is 10.2 Å². The number of benzene rings is 4. The van der Waals surface area contributed by atoms with Crippen molar-refractivity contribution in [3.8, 4) is 34.4 Å². The Kier molecular flexibility index (Phi) is 7.31. The molecule has 0 radical (unpaired) electrons. The van der Waals surface area contributed by atoms with Gasteiger partial charge in [0.15, 0.2) is 0 Å². The molecule has 0 atom stereocenters. The highest BCUT2D eigenvalue weighted by Crippen LogP contribution is 2.26. The van der Waals surface area contributed by atoms with E-state index < -0.39 is 0 Å². The number of carbonyl (C=O) groups is 1. The third kappa shape index (κ3) is 5.82. The number of amides is 1. The Balaban J connectivity index is 1.20. The van der Waals surface area contributed by atoms with E-state index in [2.05, 4.69) is 20.8 Å². The fourth-order valence-corrected chi connectivity index (χ4v) is 3.84. The maximum atomic E-state index is 12.5. The van der Waals surface area contributed by atoms with Crippen molar-refractivity contribution in [2.45, 2.75) is 6.54 Å². The summed E-state index contributed by atoms with van der Waals surface area (Å²) in [5, 5.41) is 14.7. The van der Waals surface area contributed by atoms with E-state index >= 15 is 0 Å². The van der Waals surface area contributed by atoms with Gasteiger partial charge in [-0.25, -0.2) is 0 Å². The maximum absolute atomic E-state index is 12.5. The molecule has 38 heavy (non-hydrogen) atoms. The van der Waals surface area contributed by atoms with Crippen LogP contribution >= 0.6 is 0 Å². The van der Waals surface area contributed by atoms with Gasteiger partial charge in [0.25, 0.3) is 5.91 Å². The van der Waals surface area contributed by atoms with Gasteiger partial charge in [0, 0.05) is 34.6 Å². The van der Waals surface area contributed by atoms with E-state index in [1.165, 1.54) is 0 Å². The summed E-state index contributed by atoms with van der Waals surface area (Å²) in [6.45, 7) is 0.678. The summed E-state index contributed by atoms with van der Waals surface area (Å²) >= 11 is 0. The summed E-state index contributed by atoms with van der Waals surface area (Å²) in [6, 6.07) is 30.0. The number of hydrogen-bond acceptors (Lipinski definition) is 7. The molecule has 0 saturated carbocycles. The normalized spacial score (nSPS) is 10.6. The molecule has 0 aliphatic rings. The molecule has 1 aromatic heterocycles. The van der Waals surface area contributed by atoms with Gasteiger partial charge >= 0.3 is 0 Å². The Labute approximate surface area is 220 Å². The smallest absolute Gasteiger partial charge is 0.255 e. The van der Waals surface area contributed by atoms with Gasteiger partial charge in [0.05, 0.1) is 14.2 Å². The Bertz CT molecular complexity index is 1530. The lowest BCUT2D eigenvalue weighted by Crippen LogP contribution is -2.11. The first-order valence-corrected chi connectivity index (χ1v) is 12.0. The number of nitrogens with one attached hydrogen (secondary N) is 2. The largest absolute Gasteiger partial charge is 0.497 e. The van der Waals surface area contributed by atoms with E-state index in [1.807, 2.05) is 60.7 Å². The van der Waals surface area contributed by atoms with Crippen LogP contribution in [0.2, 0.25) is 0 Å². The predicted octanol–water partition coefficient (Wildman–Crippen LogP) is 6.29. The second-order valence-electron chi connectivity index (χ2n) is 8.46. The second kappa shape index (κ2) is 11.3. The first kappa shape index (κ1) is 24.6. The monoisotopic (exact) mass is 506 g/mol. The second-order valence-corrected chi connectivity index (χ2v) is 8.46. The number of hydrogen-bond donors (Lipinski definition) is 2. The van der Waals surface area contributed by atoms with Crippen LogP contribution in [-0.4, -0.2) is 30.3 Å². The molecule has 0 fully saturated rings. The summed E-state index contributed by atoms with van der Waals surface area (Å²) < 4.78 is 16.4. The van der Waals surface area contributed by atoms with Crippen LogP contribution in [0.1, 0.15) is 15.9 Å². The first-order chi connectivity index (χ1) is 18.6. The van der Waals surface area contributed by atoms with Crippen molar-refractivity contribution in [1.29, 1.82) is 0 Å². The van der Waals surface area contributed by atoms with Gasteiger partial charge in [-0.3, -0.25) is 4.79 Å². The van der Waals surface area contributed by atoms with Gasteiger partial charge in [-0.1, -0.05) is 18.2 Å². The zero-order valence-corrected chi connectivity index (χ0v) is 21.0. The molecule has 0 aliphatic heterocycles. The van der Waals surface area contributed by atoms with Crippen LogP contribution in [0, 0.1) is 0 Å². The Morgan fingerprint density at radius 2 is 1.32 bits per heavy atom. The van der Waals surface area contributed by atoms with Gasteiger partial charge in [-0.15, -0.1) is 10.2 Å². The average Bonchev–Trinajstić information content (AvgIpc) is 3.47. The first-order valence-electron chi connectivity index (χ1n) is 12.0. The molecular weight excluding hydrogens is 480 g/mol. The minimum absolute atomic E-state index is 0.224. The number of carbonyl (C=O) groups excluding carboxylic acids is 1. The summed E-state index contributed by atoms with van der Waals surface area (Å²) in [7, 11) is 3.23. The number of nitrogens with zero attached hydrogens (tertiary/aromatic N) is 2. The lowest BCUT2D eigenvalue weighted by atomic mass is 10.1. The topological polar surface area (TPSA) is 98.5 Å². The van der Waals surface area contributed by atoms with Gasteiger partial charge in [-0.2, -0.15) is 0 Å². The third-order valence-electron chi connectivity index (χ3n) is 5.91. The van der Waals surface area contributed by atoms with E-state index in [-0.39, 0.29) is 5.91 Å². The zero-order chi connectivity index (χ0) is 26.3. The molecular formula is C30H26N4O4. The molecule has 2 N–H and O–H groups in total. The summed E-state index contributed by atoms with van der Waals surface area (Å²) in [5.41, 5.74) is 4.83. The maximum Gasteiger partial charge on any atom is 0.255 e. The van der Waals surface area contributed by atoms with Crippen molar-refractivity contribution in [3.63, 3.8) is 0 Å². The summed E-state index contributed by atoms with van der Waals surface area (Å²) in [6.07, 6.45) is 0. The standard InChI is InChI=1S/C30H26N4O4/c1-36-26-7-3-5-20(17-26)19-31-24-13-9-21(10-14-24)29-33-34-30(38-29)22-11-15-25(16-12-22)32-28(35)23-6-4-8-27(18-23)37-2/h3-18,31H,19H2,1-2H3,(H,32,35). The van der Waals surface area contributed by atoms with E-state index in [0.29, 0.717) is 35.3 Å². The van der Waals surface area contributed by atoms with Gasteiger partial charge in [0.1, 0.15) is 11.5 Å². The molecule has 1 heterocycles. The summed E-state index contributed by atoms with van der Waals surface area (Å²) in [5.74, 6) is 2.05. The highest BCUT2D eigenvalue weighted by molar-refractivity contribution is 6.04. The van der Waals surface area contributed by atoms with Crippen LogP contribution in [0.5, 0.6) is 11.5 Å². The van der Waals surface area contributed by atoms with Crippen LogP contribution in [0.3, 0.4) is 0 Å². The number of methoxy groups -OCH3 is 2. The van der Waals surface area contributed by atoms with Crippen molar-refractivity contribution >= 4 is 17.3 Å². The number of anilines is 2. The average molecular weight is 507 g/mol. The molecule has 0 bridgehead atoms. The fraction of sp³-hybridized carbons (Fsp3) is 0.100.